The summed E-state index contributed by atoms with van der Waals surface area (Å²) in [4.78, 5) is 51.1. The molecular weight excluding hydrogens is 949 g/mol. The molecule has 0 aromatic heterocycles. The molecule has 12 heteroatoms. The van der Waals surface area contributed by atoms with Crippen LogP contribution in [0, 0.1) is 0 Å². The minimum absolute atomic E-state index is 0.0410. The van der Waals surface area contributed by atoms with E-state index in [1.807, 2.05) is 0 Å². The van der Waals surface area contributed by atoms with Crippen LogP contribution in [0.15, 0.2) is 60.8 Å². The van der Waals surface area contributed by atoms with E-state index in [9.17, 15) is 34.5 Å². The smallest absolute Gasteiger partial charge is 0.335 e. The Bertz CT molecular complexity index is 1540. The Morgan fingerprint density at radius 1 is 0.453 bits per heavy atom. The number of carbonyl (C=O) groups is 4. The van der Waals surface area contributed by atoms with Gasteiger partial charge in [-0.25, -0.2) is 4.79 Å². The predicted octanol–water partition coefficient (Wildman–Crippen LogP) is 15.6. The summed E-state index contributed by atoms with van der Waals surface area (Å²) in [6, 6.07) is 0. The largest absolute Gasteiger partial charge is 0.479 e. The maximum absolute atomic E-state index is 13.1. The van der Waals surface area contributed by atoms with Crippen molar-refractivity contribution >= 4 is 23.9 Å². The van der Waals surface area contributed by atoms with Gasteiger partial charge in [-0.15, -0.1) is 0 Å². The molecule has 1 aliphatic rings. The number of aliphatic carboxylic acids is 1. The van der Waals surface area contributed by atoms with Gasteiger partial charge in [0.25, 0.3) is 0 Å². The molecule has 0 saturated carbocycles. The standard InChI is InChI=1S/C63H108O12/c1-4-7-10-13-16-19-22-25-27-28-30-32-34-37-40-43-46-49-55(64)71-52-54(73-56(65)50-47-44-41-38-35-31-24-21-18-15-12-9-6-3)53-72-63-61(59(68)58(67)60(75-63)62(69)70)74-57(66)51-48-45-42-39-36-33-29-26-23-20-17-14-11-8-5-2/h9,12,17-18,20-21,26,29,31,35,54,58-61,63,67-68H,4-8,10-11,13-16,19,22-25,27-28,30,32-34,36-53H2,1-3H3,(H,69,70)/b12-9-,20-17-,21-18-,29-26-,35-31-. The average molecular weight is 1060 g/mol. The zero-order valence-electron chi connectivity index (χ0n) is 47.5. The monoisotopic (exact) mass is 1060 g/mol. The molecule has 0 aromatic rings. The van der Waals surface area contributed by atoms with Gasteiger partial charge >= 0.3 is 23.9 Å². The van der Waals surface area contributed by atoms with Gasteiger partial charge in [-0.1, -0.05) is 223 Å². The molecule has 75 heavy (non-hydrogen) atoms. The lowest BCUT2D eigenvalue weighted by Gasteiger charge is -2.40. The van der Waals surface area contributed by atoms with Gasteiger partial charge in [-0.3, -0.25) is 14.4 Å². The Kier molecular flexibility index (Phi) is 47.4. The van der Waals surface area contributed by atoms with Crippen molar-refractivity contribution in [1.82, 2.24) is 0 Å². The number of allylic oxidation sites excluding steroid dienone is 10. The Morgan fingerprint density at radius 3 is 1.32 bits per heavy atom. The minimum atomic E-state index is -1.91. The molecule has 6 atom stereocenters. The lowest BCUT2D eigenvalue weighted by atomic mass is 9.98. The van der Waals surface area contributed by atoms with E-state index in [4.69, 9.17) is 23.7 Å². The van der Waals surface area contributed by atoms with E-state index in [0.717, 1.165) is 103 Å². The van der Waals surface area contributed by atoms with Crippen LogP contribution < -0.4 is 0 Å². The molecule has 1 fully saturated rings. The van der Waals surface area contributed by atoms with Crippen LogP contribution >= 0.6 is 0 Å². The lowest BCUT2D eigenvalue weighted by molar-refractivity contribution is -0.301. The van der Waals surface area contributed by atoms with Crippen LogP contribution in [-0.2, 0) is 42.9 Å². The number of aliphatic hydroxyl groups excluding tert-OH is 2. The molecule has 1 saturated heterocycles. The molecule has 1 rings (SSSR count). The van der Waals surface area contributed by atoms with E-state index in [-0.39, 0.29) is 25.9 Å². The second-order valence-corrected chi connectivity index (χ2v) is 20.6. The third-order valence-electron chi connectivity index (χ3n) is 13.6. The number of esters is 3. The molecule has 12 nitrogen and oxygen atoms in total. The number of ether oxygens (including phenoxy) is 5. The first-order chi connectivity index (χ1) is 36.6. The van der Waals surface area contributed by atoms with Crippen molar-refractivity contribution in [1.29, 1.82) is 0 Å². The van der Waals surface area contributed by atoms with Crippen LogP contribution in [0.25, 0.3) is 0 Å². The highest BCUT2D eigenvalue weighted by Crippen LogP contribution is 2.26. The van der Waals surface area contributed by atoms with Gasteiger partial charge in [0, 0.05) is 19.3 Å². The number of carboxylic acids is 1. The summed E-state index contributed by atoms with van der Waals surface area (Å²) in [6.45, 7) is 5.84. The van der Waals surface area contributed by atoms with E-state index >= 15 is 0 Å². The van der Waals surface area contributed by atoms with Gasteiger partial charge in [0.2, 0.25) is 0 Å². The first kappa shape index (κ1) is 69.4. The third kappa shape index (κ3) is 41.2. The molecule has 1 heterocycles. The van der Waals surface area contributed by atoms with E-state index < -0.39 is 67.3 Å². The molecule has 0 aromatic carbocycles. The summed E-state index contributed by atoms with van der Waals surface area (Å²) >= 11 is 0. The lowest BCUT2D eigenvalue weighted by Crippen LogP contribution is -2.61. The van der Waals surface area contributed by atoms with E-state index in [0.29, 0.717) is 19.3 Å². The van der Waals surface area contributed by atoms with Crippen molar-refractivity contribution in [2.24, 2.45) is 0 Å². The molecule has 0 aliphatic carbocycles. The maximum atomic E-state index is 13.1. The average Bonchev–Trinajstić information content (AvgIpc) is 3.39. The van der Waals surface area contributed by atoms with Crippen molar-refractivity contribution in [2.45, 2.75) is 302 Å². The van der Waals surface area contributed by atoms with E-state index in [2.05, 4.69) is 81.5 Å². The SMILES string of the molecule is CC/C=C\C/C=C\C/C=C\CCCCCC(=O)OC(COC(=O)CCCCCCCCCCCCCCCCCCC)COC1OC(C(=O)O)C(O)C(O)C1OC(=O)CCCCCCC/C=C\C/C=C\CCCCC. The second-order valence-electron chi connectivity index (χ2n) is 20.6. The van der Waals surface area contributed by atoms with Crippen molar-refractivity contribution in [3.8, 4) is 0 Å². The Hall–Kier alpha value is -3.58. The Labute approximate surface area is 456 Å². The Morgan fingerprint density at radius 2 is 0.840 bits per heavy atom. The predicted molar refractivity (Wildman–Crippen MR) is 303 cm³/mol. The summed E-state index contributed by atoms with van der Waals surface area (Å²) in [7, 11) is 0. The minimum Gasteiger partial charge on any atom is -0.479 e. The number of hydrogen-bond acceptors (Lipinski definition) is 11. The van der Waals surface area contributed by atoms with Crippen molar-refractivity contribution in [2.75, 3.05) is 13.2 Å². The summed E-state index contributed by atoms with van der Waals surface area (Å²) in [5.74, 6) is -3.16. The zero-order chi connectivity index (χ0) is 54.7. The molecule has 1 aliphatic heterocycles. The molecule has 3 N–H and O–H groups in total. The summed E-state index contributed by atoms with van der Waals surface area (Å²) in [5.41, 5.74) is 0. The van der Waals surface area contributed by atoms with Gasteiger partial charge in [0.05, 0.1) is 6.61 Å². The molecule has 0 radical (unpaired) electrons. The number of unbranched alkanes of at least 4 members (excludes halogenated alkanes) is 27. The van der Waals surface area contributed by atoms with Crippen LogP contribution in [0.5, 0.6) is 0 Å². The van der Waals surface area contributed by atoms with Crippen LogP contribution in [0.4, 0.5) is 0 Å². The fourth-order valence-corrected chi connectivity index (χ4v) is 8.94. The number of carboxylic acid groups (broad SMARTS) is 1. The molecule has 0 bridgehead atoms. The van der Waals surface area contributed by atoms with E-state index in [1.165, 1.54) is 103 Å². The highest BCUT2D eigenvalue weighted by molar-refractivity contribution is 5.74. The van der Waals surface area contributed by atoms with Gasteiger partial charge < -0.3 is 39.0 Å². The van der Waals surface area contributed by atoms with E-state index in [1.54, 1.807) is 0 Å². The van der Waals surface area contributed by atoms with Crippen molar-refractivity contribution < 1.29 is 58.2 Å². The van der Waals surface area contributed by atoms with Gasteiger partial charge in [0.15, 0.2) is 24.6 Å². The summed E-state index contributed by atoms with van der Waals surface area (Å²) in [6.07, 6.45) is 50.5. The third-order valence-corrected chi connectivity index (χ3v) is 13.6. The van der Waals surface area contributed by atoms with Crippen LogP contribution in [-0.4, -0.2) is 89.2 Å². The molecular formula is C63H108O12. The first-order valence-electron chi connectivity index (χ1n) is 30.3. The molecule has 432 valence electrons. The van der Waals surface area contributed by atoms with Crippen LogP contribution in [0.3, 0.4) is 0 Å². The van der Waals surface area contributed by atoms with Crippen molar-refractivity contribution in [3.05, 3.63) is 60.8 Å². The second kappa shape index (κ2) is 51.2. The molecule has 6 unspecified atom stereocenters. The zero-order valence-corrected chi connectivity index (χ0v) is 47.5. The van der Waals surface area contributed by atoms with Gasteiger partial charge in [-0.05, 0) is 83.5 Å². The van der Waals surface area contributed by atoms with Crippen LogP contribution in [0.2, 0.25) is 0 Å². The fourth-order valence-electron chi connectivity index (χ4n) is 8.94. The van der Waals surface area contributed by atoms with Crippen molar-refractivity contribution in [3.63, 3.8) is 0 Å². The normalized spacial score (nSPS) is 18.5. The quantitative estimate of drug-likeness (QED) is 0.0228. The Balaban J connectivity index is 2.69. The highest BCUT2D eigenvalue weighted by Gasteiger charge is 2.50. The van der Waals surface area contributed by atoms with Gasteiger partial charge in [0.1, 0.15) is 18.8 Å². The maximum Gasteiger partial charge on any atom is 0.335 e. The number of hydrogen-bond donors (Lipinski definition) is 3. The topological polar surface area (TPSA) is 175 Å². The highest BCUT2D eigenvalue weighted by atomic mass is 16.7. The van der Waals surface area contributed by atoms with Crippen LogP contribution in [0.1, 0.15) is 265 Å². The molecule has 0 spiro atoms. The van der Waals surface area contributed by atoms with Gasteiger partial charge in [-0.2, -0.15) is 0 Å². The number of rotatable bonds is 51. The number of carbonyl (C=O) groups excluding carboxylic acids is 3. The fraction of sp³-hybridized carbons (Fsp3) is 0.778. The first-order valence-corrected chi connectivity index (χ1v) is 30.3. The number of aliphatic hydroxyl groups is 2. The molecule has 0 amide bonds. The summed E-state index contributed by atoms with van der Waals surface area (Å²) < 4.78 is 28.4. The summed E-state index contributed by atoms with van der Waals surface area (Å²) in [5, 5.41) is 31.5.